The molecule has 1 saturated carbocycles. The Hall–Kier alpha value is -0.760. The van der Waals surface area contributed by atoms with Crippen LogP contribution in [0, 0.1) is 5.92 Å². The minimum Gasteiger partial charge on any atom is -0.401 e. The maximum atomic E-state index is 6.40. The molecule has 2 heteroatoms. The van der Waals surface area contributed by atoms with Crippen molar-refractivity contribution in [2.24, 2.45) is 11.7 Å². The fourth-order valence-corrected chi connectivity index (χ4v) is 3.60. The van der Waals surface area contributed by atoms with Crippen LogP contribution in [-0.2, 0) is 0 Å². The van der Waals surface area contributed by atoms with Gasteiger partial charge in [-0.1, -0.05) is 24.5 Å². The predicted molar refractivity (Wildman–Crippen MR) is 66.9 cm³/mol. The summed E-state index contributed by atoms with van der Waals surface area (Å²) >= 11 is 0. The van der Waals surface area contributed by atoms with Crippen LogP contribution in [0.4, 0.5) is 0 Å². The van der Waals surface area contributed by atoms with Crippen molar-refractivity contribution < 1.29 is 0 Å². The monoisotopic (exact) mass is 218 g/mol. The summed E-state index contributed by atoms with van der Waals surface area (Å²) in [5.74, 6) is 0.613. The minimum atomic E-state index is 0.544. The summed E-state index contributed by atoms with van der Waals surface area (Å²) in [6.45, 7) is 2.23. The van der Waals surface area contributed by atoms with Gasteiger partial charge in [0, 0.05) is 23.7 Å². The summed E-state index contributed by atoms with van der Waals surface area (Å²) in [7, 11) is 0. The van der Waals surface area contributed by atoms with Gasteiger partial charge < -0.3 is 11.1 Å². The second-order valence-electron chi connectivity index (χ2n) is 5.66. The van der Waals surface area contributed by atoms with E-state index in [1.165, 1.54) is 55.4 Å². The molecule has 3 N–H and O–H groups in total. The molecule has 3 unspecified atom stereocenters. The van der Waals surface area contributed by atoms with E-state index in [0.29, 0.717) is 18.0 Å². The van der Waals surface area contributed by atoms with Crippen LogP contribution in [0.2, 0.25) is 0 Å². The number of hydrogen-bond acceptors (Lipinski definition) is 2. The van der Waals surface area contributed by atoms with Crippen molar-refractivity contribution >= 4 is 0 Å². The van der Waals surface area contributed by atoms with E-state index in [9.17, 15) is 0 Å². The third-order valence-electron chi connectivity index (χ3n) is 4.52. The number of nitrogens with two attached hydrogens (primary N) is 1. The van der Waals surface area contributed by atoms with Gasteiger partial charge in [-0.05, 0) is 38.2 Å². The summed E-state index contributed by atoms with van der Waals surface area (Å²) in [4.78, 5) is 0. The van der Waals surface area contributed by atoms with Gasteiger partial charge in [0.15, 0.2) is 0 Å². The van der Waals surface area contributed by atoms with Crippen LogP contribution in [0.5, 0.6) is 0 Å². The molecule has 0 aromatic carbocycles. The van der Waals surface area contributed by atoms with Crippen LogP contribution in [0.25, 0.3) is 0 Å². The van der Waals surface area contributed by atoms with Gasteiger partial charge in [-0.15, -0.1) is 0 Å². The molecule has 2 aliphatic carbocycles. The van der Waals surface area contributed by atoms with Crippen molar-refractivity contribution in [2.45, 2.75) is 57.5 Å². The van der Waals surface area contributed by atoms with Crippen molar-refractivity contribution in [3.05, 3.63) is 22.9 Å². The van der Waals surface area contributed by atoms with Gasteiger partial charge in [0.05, 0.1) is 0 Å². The summed E-state index contributed by atoms with van der Waals surface area (Å²) in [6, 6.07) is 1.21. The van der Waals surface area contributed by atoms with E-state index < -0.39 is 0 Å². The number of allylic oxidation sites excluding steroid dienone is 1. The SMILES string of the molecule is CC1=CC2=C(N)C3CCCCC3NC2CC1. The van der Waals surface area contributed by atoms with Crippen LogP contribution >= 0.6 is 0 Å². The van der Waals surface area contributed by atoms with E-state index in [4.69, 9.17) is 5.73 Å². The Morgan fingerprint density at radius 1 is 1.25 bits per heavy atom. The highest BCUT2D eigenvalue weighted by molar-refractivity contribution is 5.38. The highest BCUT2D eigenvalue weighted by atomic mass is 15.0. The standard InChI is InChI=1S/C14H22N2/c1-9-6-7-13-11(8-9)14(15)10-4-2-3-5-12(10)16-13/h8,10,12-13,16H,2-7,15H2,1H3. The van der Waals surface area contributed by atoms with Crippen molar-refractivity contribution in [3.63, 3.8) is 0 Å². The van der Waals surface area contributed by atoms with Gasteiger partial charge >= 0.3 is 0 Å². The zero-order valence-corrected chi connectivity index (χ0v) is 10.1. The first-order valence-corrected chi connectivity index (χ1v) is 6.68. The average Bonchev–Trinajstić information content (AvgIpc) is 2.31. The fraction of sp³-hybridized carbons (Fsp3) is 0.714. The zero-order valence-electron chi connectivity index (χ0n) is 10.1. The molecule has 0 radical (unpaired) electrons. The zero-order chi connectivity index (χ0) is 11.1. The van der Waals surface area contributed by atoms with Crippen LogP contribution < -0.4 is 11.1 Å². The Morgan fingerprint density at radius 3 is 2.94 bits per heavy atom. The van der Waals surface area contributed by atoms with Gasteiger partial charge in [0.2, 0.25) is 0 Å². The van der Waals surface area contributed by atoms with Crippen molar-refractivity contribution in [1.82, 2.24) is 5.32 Å². The second-order valence-corrected chi connectivity index (χ2v) is 5.66. The Balaban J connectivity index is 1.96. The number of rotatable bonds is 0. The molecule has 0 spiro atoms. The van der Waals surface area contributed by atoms with Crippen LogP contribution in [-0.4, -0.2) is 12.1 Å². The molecule has 1 fully saturated rings. The summed E-state index contributed by atoms with van der Waals surface area (Å²) in [6.07, 6.45) is 10.1. The molecule has 0 aromatic heterocycles. The van der Waals surface area contributed by atoms with E-state index in [1.54, 1.807) is 0 Å². The Labute approximate surface area is 98.0 Å². The maximum Gasteiger partial charge on any atom is 0.0343 e. The molecule has 16 heavy (non-hydrogen) atoms. The van der Waals surface area contributed by atoms with Crippen LogP contribution in [0.1, 0.15) is 45.4 Å². The molecule has 88 valence electrons. The van der Waals surface area contributed by atoms with E-state index >= 15 is 0 Å². The Morgan fingerprint density at radius 2 is 2.06 bits per heavy atom. The van der Waals surface area contributed by atoms with Gasteiger partial charge in [0.25, 0.3) is 0 Å². The lowest BCUT2D eigenvalue weighted by atomic mass is 9.74. The second kappa shape index (κ2) is 3.92. The largest absolute Gasteiger partial charge is 0.401 e. The first-order valence-electron chi connectivity index (χ1n) is 6.68. The molecule has 1 heterocycles. The lowest BCUT2D eigenvalue weighted by Gasteiger charge is -2.43. The Bertz CT molecular complexity index is 354. The van der Waals surface area contributed by atoms with E-state index in [1.807, 2.05) is 0 Å². The highest BCUT2D eigenvalue weighted by Crippen LogP contribution is 2.37. The molecule has 0 saturated heterocycles. The molecule has 1 aliphatic heterocycles. The number of hydrogen-bond donors (Lipinski definition) is 2. The molecule has 0 bridgehead atoms. The smallest absolute Gasteiger partial charge is 0.0343 e. The van der Waals surface area contributed by atoms with Crippen molar-refractivity contribution in [1.29, 1.82) is 0 Å². The van der Waals surface area contributed by atoms with Gasteiger partial charge in [0.1, 0.15) is 0 Å². The fourth-order valence-electron chi connectivity index (χ4n) is 3.60. The van der Waals surface area contributed by atoms with Gasteiger partial charge in [-0.3, -0.25) is 0 Å². The highest BCUT2D eigenvalue weighted by Gasteiger charge is 2.36. The quantitative estimate of drug-likeness (QED) is 0.655. The first kappa shape index (κ1) is 10.4. The molecule has 3 aliphatic rings. The van der Waals surface area contributed by atoms with E-state index in [2.05, 4.69) is 18.3 Å². The summed E-state index contributed by atoms with van der Waals surface area (Å²) in [5, 5.41) is 3.83. The van der Waals surface area contributed by atoms with Crippen molar-refractivity contribution in [2.75, 3.05) is 0 Å². The van der Waals surface area contributed by atoms with E-state index in [0.717, 1.165) is 0 Å². The average molecular weight is 218 g/mol. The predicted octanol–water partition coefficient (Wildman–Crippen LogP) is 2.47. The summed E-state index contributed by atoms with van der Waals surface area (Å²) in [5.41, 5.74) is 10.5. The molecule has 3 atom stereocenters. The van der Waals surface area contributed by atoms with E-state index in [-0.39, 0.29) is 0 Å². The minimum absolute atomic E-state index is 0.544. The normalized spacial score (nSPS) is 38.8. The first-order chi connectivity index (χ1) is 7.75. The molecular formula is C14H22N2. The molecule has 0 aromatic rings. The summed E-state index contributed by atoms with van der Waals surface area (Å²) < 4.78 is 0. The number of nitrogens with one attached hydrogen (secondary N) is 1. The van der Waals surface area contributed by atoms with Crippen molar-refractivity contribution in [3.8, 4) is 0 Å². The lowest BCUT2D eigenvalue weighted by Crippen LogP contribution is -2.52. The Kier molecular flexibility index (Phi) is 2.55. The van der Waals surface area contributed by atoms with Gasteiger partial charge in [-0.2, -0.15) is 0 Å². The molecule has 0 amide bonds. The molecular weight excluding hydrogens is 196 g/mol. The topological polar surface area (TPSA) is 38.0 Å². The molecule has 3 rings (SSSR count). The van der Waals surface area contributed by atoms with Crippen LogP contribution in [0.15, 0.2) is 22.9 Å². The third-order valence-corrected chi connectivity index (χ3v) is 4.52. The lowest BCUT2D eigenvalue weighted by molar-refractivity contribution is 0.252. The maximum absolute atomic E-state index is 6.40. The van der Waals surface area contributed by atoms with Gasteiger partial charge in [-0.25, -0.2) is 0 Å². The molecule has 2 nitrogen and oxygen atoms in total. The number of fused-ring (bicyclic) bond motifs is 2. The third kappa shape index (κ3) is 1.60. The van der Waals surface area contributed by atoms with Crippen LogP contribution in [0.3, 0.4) is 0 Å².